The normalized spacial score (nSPS) is 16.5. The SMILES string of the molecule is CN(C(=O)CN1C(=O)COc2cc(Cl)c(Cl)cc21)C(CN1CCSCC1)c1ccc(-c2cccnc2)cc1. The smallest absolute Gasteiger partial charge is 0.265 e. The van der Waals surface area contributed by atoms with E-state index in [1.54, 1.807) is 30.3 Å². The van der Waals surface area contributed by atoms with E-state index in [-0.39, 0.29) is 31.0 Å². The Morgan fingerprint density at radius 3 is 2.55 bits per heavy atom. The number of halogens is 2. The van der Waals surface area contributed by atoms with Crippen LogP contribution in [0.1, 0.15) is 11.6 Å². The van der Waals surface area contributed by atoms with Gasteiger partial charge in [0, 0.05) is 56.6 Å². The van der Waals surface area contributed by atoms with Crippen LogP contribution < -0.4 is 9.64 Å². The van der Waals surface area contributed by atoms with Crippen LogP contribution in [-0.4, -0.2) is 77.9 Å². The second-order valence-corrected chi connectivity index (χ2v) is 11.3. The molecule has 1 fully saturated rings. The number of fused-ring (bicyclic) bond motifs is 1. The largest absolute Gasteiger partial charge is 0.482 e. The van der Waals surface area contributed by atoms with Gasteiger partial charge in [-0.1, -0.05) is 53.5 Å². The lowest BCUT2D eigenvalue weighted by Crippen LogP contribution is -2.48. The first-order valence-corrected chi connectivity index (χ1v) is 14.3. The molecule has 3 heterocycles. The molecule has 0 N–H and O–H groups in total. The van der Waals surface area contributed by atoms with E-state index in [2.05, 4.69) is 34.1 Å². The standard InChI is InChI=1S/C28H28Cl2N4O3S/c1-32(27(35)17-34-24-13-22(29)23(30)14-26(24)37-18-28(34)36)25(16-33-9-11-38-12-10-33)20-6-4-19(5-7-20)21-3-2-8-31-15-21/h2-8,13-15,25H,9-12,16-18H2,1H3. The van der Waals surface area contributed by atoms with Crippen LogP contribution >= 0.6 is 35.0 Å². The molecule has 2 aliphatic rings. The van der Waals surface area contributed by atoms with Crippen LogP contribution in [0.3, 0.4) is 0 Å². The van der Waals surface area contributed by atoms with Crippen molar-refractivity contribution in [2.24, 2.45) is 0 Å². The number of amides is 2. The van der Waals surface area contributed by atoms with Crippen LogP contribution in [0.25, 0.3) is 11.1 Å². The molecule has 38 heavy (non-hydrogen) atoms. The number of carbonyl (C=O) groups is 2. The molecule has 1 saturated heterocycles. The molecule has 2 aromatic carbocycles. The minimum absolute atomic E-state index is 0.121. The van der Waals surface area contributed by atoms with Gasteiger partial charge in [0.1, 0.15) is 12.3 Å². The van der Waals surface area contributed by atoms with Crippen LogP contribution in [0.4, 0.5) is 5.69 Å². The Labute approximate surface area is 236 Å². The third-order valence-corrected chi connectivity index (χ3v) is 8.59. The number of pyridine rings is 1. The highest BCUT2D eigenvalue weighted by Crippen LogP contribution is 2.39. The zero-order valence-corrected chi connectivity index (χ0v) is 23.3. The number of nitrogens with zero attached hydrogens (tertiary/aromatic N) is 4. The van der Waals surface area contributed by atoms with Gasteiger partial charge in [-0.15, -0.1) is 0 Å². The second kappa shape index (κ2) is 11.9. The van der Waals surface area contributed by atoms with E-state index in [4.69, 9.17) is 27.9 Å². The Morgan fingerprint density at radius 1 is 1.11 bits per heavy atom. The summed E-state index contributed by atoms with van der Waals surface area (Å²) in [6.45, 7) is 2.39. The lowest BCUT2D eigenvalue weighted by molar-refractivity contribution is -0.133. The van der Waals surface area contributed by atoms with Crippen LogP contribution in [0.2, 0.25) is 10.0 Å². The first-order chi connectivity index (χ1) is 18.4. The zero-order chi connectivity index (χ0) is 26.6. The second-order valence-electron chi connectivity index (χ2n) is 9.30. The number of carbonyl (C=O) groups excluding carboxylic acids is 2. The van der Waals surface area contributed by atoms with Crippen molar-refractivity contribution in [2.45, 2.75) is 6.04 Å². The minimum Gasteiger partial charge on any atom is -0.482 e. The fourth-order valence-corrected chi connectivity index (χ4v) is 5.99. The number of aromatic nitrogens is 1. The molecule has 0 spiro atoms. The Morgan fingerprint density at radius 2 is 1.84 bits per heavy atom. The van der Waals surface area contributed by atoms with Gasteiger partial charge in [-0.3, -0.25) is 24.4 Å². The molecule has 0 saturated carbocycles. The van der Waals surface area contributed by atoms with Crippen molar-refractivity contribution in [3.63, 3.8) is 0 Å². The summed E-state index contributed by atoms with van der Waals surface area (Å²) >= 11 is 14.3. The number of thioether (sulfide) groups is 1. The van der Waals surface area contributed by atoms with Gasteiger partial charge in [-0.25, -0.2) is 0 Å². The molecule has 10 heteroatoms. The van der Waals surface area contributed by atoms with Gasteiger partial charge >= 0.3 is 0 Å². The van der Waals surface area contributed by atoms with E-state index in [1.807, 2.05) is 30.1 Å². The Bertz CT molecular complexity index is 1300. The highest BCUT2D eigenvalue weighted by Gasteiger charge is 2.32. The lowest BCUT2D eigenvalue weighted by atomic mass is 10.00. The topological polar surface area (TPSA) is 66.0 Å². The van der Waals surface area contributed by atoms with E-state index in [1.165, 1.54) is 4.90 Å². The predicted octanol–water partition coefficient (Wildman–Crippen LogP) is 5.03. The van der Waals surface area contributed by atoms with Crippen molar-refractivity contribution >= 4 is 52.5 Å². The van der Waals surface area contributed by atoms with E-state index in [9.17, 15) is 9.59 Å². The number of rotatable bonds is 7. The van der Waals surface area contributed by atoms with Crippen molar-refractivity contribution in [1.82, 2.24) is 14.8 Å². The fraction of sp³-hybridized carbons (Fsp3) is 0.321. The quantitative estimate of drug-likeness (QED) is 0.397. The van der Waals surface area contributed by atoms with Crippen LogP contribution in [0.15, 0.2) is 60.9 Å². The van der Waals surface area contributed by atoms with E-state index in [0.29, 0.717) is 28.0 Å². The maximum Gasteiger partial charge on any atom is 0.265 e. The first kappa shape index (κ1) is 26.8. The summed E-state index contributed by atoms with van der Waals surface area (Å²) in [4.78, 5) is 36.2. The summed E-state index contributed by atoms with van der Waals surface area (Å²) in [5.74, 6) is 2.11. The molecule has 7 nitrogen and oxygen atoms in total. The Hall–Kier alpha value is -2.78. The number of hydrogen-bond acceptors (Lipinski definition) is 6. The molecule has 0 radical (unpaired) electrons. The molecule has 5 rings (SSSR count). The summed E-state index contributed by atoms with van der Waals surface area (Å²) < 4.78 is 5.54. The highest BCUT2D eigenvalue weighted by atomic mass is 35.5. The van der Waals surface area contributed by atoms with Gasteiger partial charge in [0.25, 0.3) is 5.91 Å². The zero-order valence-electron chi connectivity index (χ0n) is 21.0. The fourth-order valence-electron chi connectivity index (χ4n) is 4.70. The van der Waals surface area contributed by atoms with Gasteiger partial charge in [0.2, 0.25) is 5.91 Å². The maximum absolute atomic E-state index is 13.7. The summed E-state index contributed by atoms with van der Waals surface area (Å²) in [6, 6.07) is 15.2. The molecular formula is C28H28Cl2N4O3S. The van der Waals surface area contributed by atoms with Crippen LogP contribution in [0, 0.1) is 0 Å². The van der Waals surface area contributed by atoms with Gasteiger partial charge in [-0.05, 0) is 28.8 Å². The highest BCUT2D eigenvalue weighted by molar-refractivity contribution is 7.99. The Kier molecular flexibility index (Phi) is 8.43. The minimum atomic E-state index is -0.303. The Balaban J connectivity index is 1.39. The molecule has 1 aromatic heterocycles. The van der Waals surface area contributed by atoms with Gasteiger partial charge < -0.3 is 9.64 Å². The number of benzene rings is 2. The average molecular weight is 572 g/mol. The lowest BCUT2D eigenvalue weighted by Gasteiger charge is -2.37. The molecule has 0 bridgehead atoms. The van der Waals surface area contributed by atoms with Crippen molar-refractivity contribution < 1.29 is 14.3 Å². The third-order valence-electron chi connectivity index (χ3n) is 6.92. The van der Waals surface area contributed by atoms with Crippen molar-refractivity contribution in [2.75, 3.05) is 56.2 Å². The number of likely N-dealkylation sites (N-methyl/N-ethyl adjacent to an activating group) is 1. The summed E-state index contributed by atoms with van der Waals surface area (Å²) in [7, 11) is 1.81. The van der Waals surface area contributed by atoms with Crippen LogP contribution in [-0.2, 0) is 9.59 Å². The summed E-state index contributed by atoms with van der Waals surface area (Å²) in [5, 5.41) is 0.627. The van der Waals surface area contributed by atoms with Crippen LogP contribution in [0.5, 0.6) is 5.75 Å². The predicted molar refractivity (Wildman–Crippen MR) is 153 cm³/mol. The van der Waals surface area contributed by atoms with E-state index < -0.39 is 0 Å². The summed E-state index contributed by atoms with van der Waals surface area (Å²) in [5.41, 5.74) is 3.59. The molecule has 1 atom stereocenters. The molecular weight excluding hydrogens is 543 g/mol. The van der Waals surface area contributed by atoms with Crippen molar-refractivity contribution in [3.8, 4) is 16.9 Å². The average Bonchev–Trinajstić information content (AvgIpc) is 2.95. The van der Waals surface area contributed by atoms with Gasteiger partial charge in [0.05, 0.1) is 21.8 Å². The number of ether oxygens (including phenoxy) is 1. The molecule has 198 valence electrons. The van der Waals surface area contributed by atoms with Gasteiger partial charge in [-0.2, -0.15) is 11.8 Å². The third kappa shape index (κ3) is 5.94. The van der Waals surface area contributed by atoms with E-state index in [0.717, 1.165) is 41.3 Å². The number of anilines is 1. The molecule has 0 aliphatic carbocycles. The van der Waals surface area contributed by atoms with Gasteiger partial charge in [0.15, 0.2) is 6.61 Å². The summed E-state index contributed by atoms with van der Waals surface area (Å²) in [6.07, 6.45) is 3.59. The monoisotopic (exact) mass is 570 g/mol. The van der Waals surface area contributed by atoms with Crippen molar-refractivity contribution in [3.05, 3.63) is 76.5 Å². The molecule has 2 amide bonds. The molecule has 1 unspecified atom stereocenters. The number of hydrogen-bond donors (Lipinski definition) is 0. The first-order valence-electron chi connectivity index (χ1n) is 12.4. The molecule has 3 aromatic rings. The molecule has 2 aliphatic heterocycles. The van der Waals surface area contributed by atoms with E-state index >= 15 is 0 Å². The van der Waals surface area contributed by atoms with Crippen molar-refractivity contribution in [1.29, 1.82) is 0 Å². The maximum atomic E-state index is 13.7.